The van der Waals surface area contributed by atoms with E-state index in [9.17, 15) is 4.79 Å². The van der Waals surface area contributed by atoms with Crippen molar-refractivity contribution in [1.82, 2.24) is 24.5 Å². The maximum absolute atomic E-state index is 11.4. The van der Waals surface area contributed by atoms with Crippen LogP contribution < -0.4 is 5.69 Å². The zero-order chi connectivity index (χ0) is 10.7. The number of nitrogens with zero attached hydrogens (tertiary/aromatic N) is 4. The first-order chi connectivity index (χ1) is 7.31. The summed E-state index contributed by atoms with van der Waals surface area (Å²) in [7, 11) is 0. The van der Waals surface area contributed by atoms with Gasteiger partial charge in [-0.05, 0) is 12.5 Å². The van der Waals surface area contributed by atoms with Gasteiger partial charge in [0.25, 0.3) is 0 Å². The number of aromatic nitrogens is 5. The lowest BCUT2D eigenvalue weighted by atomic mass is 10.4. The minimum Gasteiger partial charge on any atom is -0.278 e. The van der Waals surface area contributed by atoms with E-state index in [1.807, 2.05) is 19.2 Å². The van der Waals surface area contributed by atoms with Crippen LogP contribution in [0.25, 0.3) is 0 Å². The number of aromatic amines is 1. The van der Waals surface area contributed by atoms with Crippen molar-refractivity contribution in [3.63, 3.8) is 0 Å². The lowest BCUT2D eigenvalue weighted by molar-refractivity contribution is 0.575. The van der Waals surface area contributed by atoms with E-state index in [2.05, 4.69) is 15.3 Å². The molecule has 0 aromatic carbocycles. The van der Waals surface area contributed by atoms with E-state index in [4.69, 9.17) is 0 Å². The molecule has 0 spiro atoms. The Bertz CT molecular complexity index is 467. The molecule has 0 saturated heterocycles. The fourth-order valence-electron chi connectivity index (χ4n) is 1.46. The molecule has 2 rings (SSSR count). The maximum Gasteiger partial charge on any atom is 0.343 e. The second-order valence-corrected chi connectivity index (χ2v) is 3.30. The summed E-state index contributed by atoms with van der Waals surface area (Å²) in [6, 6.07) is 1.84. The maximum atomic E-state index is 11.4. The molecule has 0 aliphatic rings. The van der Waals surface area contributed by atoms with Crippen LogP contribution in [0.3, 0.4) is 0 Å². The molecule has 0 aliphatic carbocycles. The van der Waals surface area contributed by atoms with Crippen LogP contribution in [0.4, 0.5) is 0 Å². The third kappa shape index (κ3) is 1.98. The monoisotopic (exact) mass is 207 g/mol. The van der Waals surface area contributed by atoms with Gasteiger partial charge in [0, 0.05) is 18.9 Å². The fraction of sp³-hybridized carbons (Fsp3) is 0.444. The summed E-state index contributed by atoms with van der Waals surface area (Å²) in [6.07, 6.45) is 4.45. The summed E-state index contributed by atoms with van der Waals surface area (Å²) < 4.78 is 3.38. The summed E-state index contributed by atoms with van der Waals surface area (Å²) in [4.78, 5) is 11.4. The molecule has 0 bridgehead atoms. The third-order valence-corrected chi connectivity index (χ3v) is 2.15. The molecular formula is C9H13N5O. The highest BCUT2D eigenvalue weighted by Crippen LogP contribution is 1.96. The van der Waals surface area contributed by atoms with Crippen LogP contribution >= 0.6 is 0 Å². The van der Waals surface area contributed by atoms with E-state index >= 15 is 0 Å². The van der Waals surface area contributed by atoms with Crippen molar-refractivity contribution in [1.29, 1.82) is 0 Å². The largest absolute Gasteiger partial charge is 0.343 e. The van der Waals surface area contributed by atoms with E-state index in [0.29, 0.717) is 18.9 Å². The second kappa shape index (κ2) is 4.12. The van der Waals surface area contributed by atoms with Gasteiger partial charge in [0.2, 0.25) is 0 Å². The van der Waals surface area contributed by atoms with Crippen molar-refractivity contribution in [3.8, 4) is 0 Å². The minimum absolute atomic E-state index is 0.154. The van der Waals surface area contributed by atoms with Gasteiger partial charge in [0.1, 0.15) is 6.54 Å². The van der Waals surface area contributed by atoms with Crippen molar-refractivity contribution in [2.24, 2.45) is 0 Å². The fourth-order valence-corrected chi connectivity index (χ4v) is 1.46. The van der Waals surface area contributed by atoms with Gasteiger partial charge in [-0.25, -0.2) is 9.89 Å². The summed E-state index contributed by atoms with van der Waals surface area (Å²) in [6.45, 7) is 3.23. The van der Waals surface area contributed by atoms with Crippen molar-refractivity contribution < 1.29 is 0 Å². The molecule has 0 aliphatic heterocycles. The van der Waals surface area contributed by atoms with Crippen LogP contribution in [-0.4, -0.2) is 24.5 Å². The molecule has 0 unspecified atom stereocenters. The lowest BCUT2D eigenvalue weighted by Gasteiger charge is -2.03. The zero-order valence-electron chi connectivity index (χ0n) is 8.55. The predicted octanol–water partition coefficient (Wildman–Crippen LogP) is 0.226. The zero-order valence-corrected chi connectivity index (χ0v) is 8.55. The Morgan fingerprint density at radius 3 is 3.07 bits per heavy atom. The van der Waals surface area contributed by atoms with Crippen LogP contribution in [-0.2, 0) is 13.1 Å². The summed E-state index contributed by atoms with van der Waals surface area (Å²) in [5, 5.41) is 10.5. The number of H-pyrrole nitrogens is 1. The Kier molecular flexibility index (Phi) is 2.66. The molecule has 2 heterocycles. The lowest BCUT2D eigenvalue weighted by Crippen LogP contribution is -2.20. The SMILES string of the molecule is CCCn1c(Cn2cccn2)n[nH]c1=O. The highest BCUT2D eigenvalue weighted by molar-refractivity contribution is 4.89. The van der Waals surface area contributed by atoms with Crippen molar-refractivity contribution in [2.75, 3.05) is 0 Å². The van der Waals surface area contributed by atoms with E-state index < -0.39 is 0 Å². The number of hydrogen-bond donors (Lipinski definition) is 1. The number of nitrogens with one attached hydrogen (secondary N) is 1. The van der Waals surface area contributed by atoms with Crippen LogP contribution in [0.1, 0.15) is 19.2 Å². The standard InChI is InChI=1S/C9H13N5O/c1-2-5-14-8(11-12-9(14)15)7-13-6-3-4-10-13/h3-4,6H,2,5,7H2,1H3,(H,12,15). The van der Waals surface area contributed by atoms with Gasteiger partial charge >= 0.3 is 5.69 Å². The highest BCUT2D eigenvalue weighted by Gasteiger charge is 2.07. The van der Waals surface area contributed by atoms with Gasteiger partial charge in [-0.1, -0.05) is 6.92 Å². The first-order valence-corrected chi connectivity index (χ1v) is 4.92. The molecule has 0 saturated carbocycles. The molecule has 2 aromatic heterocycles. The molecule has 2 aromatic rings. The quantitative estimate of drug-likeness (QED) is 0.780. The first-order valence-electron chi connectivity index (χ1n) is 4.92. The Balaban J connectivity index is 2.24. The number of hydrogen-bond acceptors (Lipinski definition) is 3. The van der Waals surface area contributed by atoms with E-state index in [-0.39, 0.29) is 5.69 Å². The average Bonchev–Trinajstić information content (AvgIpc) is 2.83. The average molecular weight is 207 g/mol. The van der Waals surface area contributed by atoms with Crippen molar-refractivity contribution in [2.45, 2.75) is 26.4 Å². The normalized spacial score (nSPS) is 10.7. The Hall–Kier alpha value is -1.85. The van der Waals surface area contributed by atoms with Crippen molar-refractivity contribution >= 4 is 0 Å². The minimum atomic E-state index is -0.154. The van der Waals surface area contributed by atoms with Gasteiger partial charge in [0.05, 0.1) is 0 Å². The van der Waals surface area contributed by atoms with Gasteiger partial charge in [0.15, 0.2) is 5.82 Å². The van der Waals surface area contributed by atoms with Crippen LogP contribution in [0, 0.1) is 0 Å². The predicted molar refractivity (Wildman–Crippen MR) is 54.5 cm³/mol. The molecule has 0 fully saturated rings. The third-order valence-electron chi connectivity index (χ3n) is 2.15. The van der Waals surface area contributed by atoms with E-state index in [1.165, 1.54) is 0 Å². The molecule has 1 N–H and O–H groups in total. The van der Waals surface area contributed by atoms with Crippen LogP contribution in [0.15, 0.2) is 23.3 Å². The van der Waals surface area contributed by atoms with Gasteiger partial charge < -0.3 is 0 Å². The molecule has 0 radical (unpaired) electrons. The van der Waals surface area contributed by atoms with Crippen LogP contribution in [0.5, 0.6) is 0 Å². The van der Waals surface area contributed by atoms with E-state index in [0.717, 1.165) is 6.42 Å². The second-order valence-electron chi connectivity index (χ2n) is 3.30. The molecule has 15 heavy (non-hydrogen) atoms. The molecule has 0 atom stereocenters. The van der Waals surface area contributed by atoms with E-state index in [1.54, 1.807) is 15.4 Å². The molecule has 6 heteroatoms. The van der Waals surface area contributed by atoms with Gasteiger partial charge in [-0.15, -0.1) is 0 Å². The van der Waals surface area contributed by atoms with Gasteiger partial charge in [-0.3, -0.25) is 9.25 Å². The molecule has 0 amide bonds. The Morgan fingerprint density at radius 1 is 1.53 bits per heavy atom. The molecule has 80 valence electrons. The Morgan fingerprint density at radius 2 is 2.40 bits per heavy atom. The Labute approximate surface area is 86.5 Å². The van der Waals surface area contributed by atoms with Crippen LogP contribution in [0.2, 0.25) is 0 Å². The first kappa shape index (κ1) is 9.70. The number of rotatable bonds is 4. The van der Waals surface area contributed by atoms with Gasteiger partial charge in [-0.2, -0.15) is 10.2 Å². The summed E-state index contributed by atoms with van der Waals surface area (Å²) in [5.74, 6) is 0.713. The molecular weight excluding hydrogens is 194 g/mol. The topological polar surface area (TPSA) is 68.5 Å². The summed E-state index contributed by atoms with van der Waals surface area (Å²) in [5.41, 5.74) is -0.154. The smallest absolute Gasteiger partial charge is 0.278 e. The molecule has 6 nitrogen and oxygen atoms in total. The van der Waals surface area contributed by atoms with Crippen molar-refractivity contribution in [3.05, 3.63) is 34.8 Å². The summed E-state index contributed by atoms with van der Waals surface area (Å²) >= 11 is 0. The highest BCUT2D eigenvalue weighted by atomic mass is 16.1.